The van der Waals surface area contributed by atoms with Crippen LogP contribution < -0.4 is 15.5 Å². The number of amides is 3. The molecule has 0 radical (unpaired) electrons. The van der Waals surface area contributed by atoms with Crippen LogP contribution in [0.25, 0.3) is 5.69 Å². The lowest BCUT2D eigenvalue weighted by Crippen LogP contribution is -2.46. The number of methoxy groups -OCH3 is 1. The standard InChI is InChI=1S/C33H31ClFN7O4/c1-46-21-10-13-40(14-11-21)27-6-2-4-23-22(27)12-15-41(31(23)32(44)36-20-8-9-25-19(16-20)17-29(43)37-25)33(45)26-18-42(39-38-26)28-7-3-5-24(34)30(28)35/h2-9,16,18,21,31H,10-15,17H2,1H3,(H,36,44)(H,37,43). The predicted molar refractivity (Wildman–Crippen MR) is 170 cm³/mol. The summed E-state index contributed by atoms with van der Waals surface area (Å²) in [7, 11) is 1.74. The second-order valence-corrected chi connectivity index (χ2v) is 12.0. The number of benzene rings is 3. The van der Waals surface area contributed by atoms with Gasteiger partial charge in [-0.2, -0.15) is 0 Å². The topological polar surface area (TPSA) is 122 Å². The molecule has 0 aliphatic carbocycles. The van der Waals surface area contributed by atoms with Gasteiger partial charge < -0.3 is 25.2 Å². The van der Waals surface area contributed by atoms with Crippen LogP contribution in [0.4, 0.5) is 21.5 Å². The van der Waals surface area contributed by atoms with Gasteiger partial charge in [-0.25, -0.2) is 9.07 Å². The van der Waals surface area contributed by atoms with Crippen molar-refractivity contribution in [3.8, 4) is 5.69 Å². The lowest BCUT2D eigenvalue weighted by Gasteiger charge is -2.40. The van der Waals surface area contributed by atoms with Crippen molar-refractivity contribution in [3.05, 3.63) is 94.0 Å². The molecule has 1 aromatic heterocycles. The molecule has 0 bridgehead atoms. The third-order valence-electron chi connectivity index (χ3n) is 8.91. The summed E-state index contributed by atoms with van der Waals surface area (Å²) < 4.78 is 21.4. The Bertz CT molecular complexity index is 1860. The molecule has 2 N–H and O–H groups in total. The number of nitrogens with zero attached hydrogens (tertiary/aromatic N) is 5. The van der Waals surface area contributed by atoms with Crippen molar-refractivity contribution in [1.29, 1.82) is 0 Å². The van der Waals surface area contributed by atoms with Crippen molar-refractivity contribution in [1.82, 2.24) is 19.9 Å². The maximum Gasteiger partial charge on any atom is 0.277 e. The highest BCUT2D eigenvalue weighted by Crippen LogP contribution is 2.38. The number of halogens is 2. The van der Waals surface area contributed by atoms with E-state index in [4.69, 9.17) is 16.3 Å². The van der Waals surface area contributed by atoms with E-state index in [0.717, 1.165) is 53.0 Å². The first-order valence-electron chi connectivity index (χ1n) is 15.1. The van der Waals surface area contributed by atoms with Gasteiger partial charge in [-0.1, -0.05) is 35.0 Å². The van der Waals surface area contributed by atoms with Gasteiger partial charge in [-0.15, -0.1) is 5.10 Å². The molecule has 3 amide bonds. The zero-order chi connectivity index (χ0) is 31.9. The Hall–Kier alpha value is -4.81. The van der Waals surface area contributed by atoms with Gasteiger partial charge in [0.1, 0.15) is 11.7 Å². The van der Waals surface area contributed by atoms with E-state index in [0.29, 0.717) is 17.8 Å². The molecule has 1 saturated heterocycles. The van der Waals surface area contributed by atoms with Crippen molar-refractivity contribution in [2.75, 3.05) is 42.3 Å². The number of carbonyl (C=O) groups excluding carboxylic acids is 3. The molecule has 11 nitrogen and oxygen atoms in total. The fourth-order valence-electron chi connectivity index (χ4n) is 6.59. The van der Waals surface area contributed by atoms with Crippen LogP contribution in [-0.2, 0) is 27.2 Å². The molecule has 236 valence electrons. The van der Waals surface area contributed by atoms with Crippen molar-refractivity contribution < 1.29 is 23.5 Å². The Morgan fingerprint density at radius 2 is 1.85 bits per heavy atom. The van der Waals surface area contributed by atoms with Crippen LogP contribution in [-0.4, -0.2) is 70.5 Å². The smallest absolute Gasteiger partial charge is 0.277 e. The number of rotatable bonds is 6. The molecule has 0 spiro atoms. The number of hydrogen-bond donors (Lipinski definition) is 2. The Morgan fingerprint density at radius 3 is 2.65 bits per heavy atom. The monoisotopic (exact) mass is 643 g/mol. The van der Waals surface area contributed by atoms with E-state index in [1.165, 1.54) is 23.2 Å². The number of piperidine rings is 1. The number of ether oxygens (including phenoxy) is 1. The lowest BCUT2D eigenvalue weighted by molar-refractivity contribution is -0.121. The van der Waals surface area contributed by atoms with Gasteiger partial charge in [0.25, 0.3) is 11.8 Å². The number of aromatic nitrogens is 3. The average molecular weight is 644 g/mol. The van der Waals surface area contributed by atoms with Crippen molar-refractivity contribution in [3.63, 3.8) is 0 Å². The zero-order valence-corrected chi connectivity index (χ0v) is 25.8. The first-order valence-corrected chi connectivity index (χ1v) is 15.5. The van der Waals surface area contributed by atoms with Gasteiger partial charge in [0.15, 0.2) is 11.5 Å². The minimum absolute atomic E-state index is 0.0412. The molecule has 3 aliphatic heterocycles. The molecule has 3 aliphatic rings. The van der Waals surface area contributed by atoms with Crippen LogP contribution in [0, 0.1) is 5.82 Å². The third kappa shape index (κ3) is 5.47. The van der Waals surface area contributed by atoms with Gasteiger partial charge in [0, 0.05) is 43.8 Å². The van der Waals surface area contributed by atoms with Crippen molar-refractivity contribution in [2.24, 2.45) is 0 Å². The Balaban J connectivity index is 1.23. The summed E-state index contributed by atoms with van der Waals surface area (Å²) in [4.78, 5) is 44.0. The summed E-state index contributed by atoms with van der Waals surface area (Å²) in [6, 6.07) is 14.6. The van der Waals surface area contributed by atoms with E-state index in [1.807, 2.05) is 12.1 Å². The Morgan fingerprint density at radius 1 is 1.07 bits per heavy atom. The van der Waals surface area contributed by atoms with E-state index in [2.05, 4.69) is 31.9 Å². The molecule has 4 heterocycles. The van der Waals surface area contributed by atoms with E-state index < -0.39 is 23.7 Å². The van der Waals surface area contributed by atoms with Gasteiger partial charge in [0.05, 0.1) is 23.7 Å². The molecular formula is C33H31ClFN7O4. The van der Waals surface area contributed by atoms with Crippen LogP contribution in [0.15, 0.2) is 60.8 Å². The molecular weight excluding hydrogens is 613 g/mol. The lowest BCUT2D eigenvalue weighted by atomic mass is 9.89. The fraction of sp³-hybridized carbons (Fsp3) is 0.303. The summed E-state index contributed by atoms with van der Waals surface area (Å²) in [6.45, 7) is 1.88. The largest absolute Gasteiger partial charge is 0.381 e. The SMILES string of the molecule is COC1CCN(c2cccc3c2CCN(C(=O)c2cn(-c4cccc(Cl)c4F)nn2)C3C(=O)Nc2ccc3c(c2)CC(=O)N3)CC1. The molecule has 3 aromatic carbocycles. The third-order valence-corrected chi connectivity index (χ3v) is 9.20. The van der Waals surface area contributed by atoms with E-state index in [1.54, 1.807) is 31.4 Å². The number of carbonyl (C=O) groups is 3. The predicted octanol–water partition coefficient (Wildman–Crippen LogP) is 4.55. The Kier molecular flexibility index (Phi) is 7.91. The summed E-state index contributed by atoms with van der Waals surface area (Å²) in [5, 5.41) is 13.7. The number of hydrogen-bond acceptors (Lipinski definition) is 7. The van der Waals surface area contributed by atoms with Gasteiger partial charge in [0.2, 0.25) is 5.91 Å². The average Bonchev–Trinajstić information content (AvgIpc) is 3.71. The molecule has 4 aromatic rings. The highest BCUT2D eigenvalue weighted by atomic mass is 35.5. The quantitative estimate of drug-likeness (QED) is 0.316. The van der Waals surface area contributed by atoms with Crippen molar-refractivity contribution >= 4 is 46.4 Å². The number of nitrogens with one attached hydrogen (secondary N) is 2. The van der Waals surface area contributed by atoms with Gasteiger partial charge in [-0.3, -0.25) is 14.4 Å². The first kappa shape index (κ1) is 29.9. The minimum Gasteiger partial charge on any atom is -0.381 e. The van der Waals surface area contributed by atoms with Crippen LogP contribution >= 0.6 is 11.6 Å². The summed E-state index contributed by atoms with van der Waals surface area (Å²) in [6.07, 6.45) is 4.09. The van der Waals surface area contributed by atoms with E-state index in [9.17, 15) is 18.8 Å². The molecule has 1 unspecified atom stereocenters. The molecule has 7 rings (SSSR count). The van der Waals surface area contributed by atoms with E-state index >= 15 is 0 Å². The molecule has 0 saturated carbocycles. The molecule has 1 fully saturated rings. The first-order chi connectivity index (χ1) is 22.3. The summed E-state index contributed by atoms with van der Waals surface area (Å²) in [5.74, 6) is -1.72. The van der Waals surface area contributed by atoms with Crippen LogP contribution in [0.5, 0.6) is 0 Å². The Labute approximate surface area is 269 Å². The van der Waals surface area contributed by atoms with E-state index in [-0.39, 0.29) is 41.4 Å². The second-order valence-electron chi connectivity index (χ2n) is 11.6. The van der Waals surface area contributed by atoms with Crippen LogP contribution in [0.3, 0.4) is 0 Å². The summed E-state index contributed by atoms with van der Waals surface area (Å²) in [5.41, 5.74) is 4.78. The van der Waals surface area contributed by atoms with Gasteiger partial charge >= 0.3 is 0 Å². The van der Waals surface area contributed by atoms with Crippen molar-refractivity contribution in [2.45, 2.75) is 37.8 Å². The van der Waals surface area contributed by atoms with Crippen LogP contribution in [0.2, 0.25) is 5.02 Å². The second kappa shape index (κ2) is 12.2. The molecule has 13 heteroatoms. The molecule has 1 atom stereocenters. The number of fused-ring (bicyclic) bond motifs is 2. The minimum atomic E-state index is -0.992. The zero-order valence-electron chi connectivity index (χ0n) is 25.0. The number of anilines is 3. The summed E-state index contributed by atoms with van der Waals surface area (Å²) >= 11 is 5.96. The maximum atomic E-state index is 14.7. The highest BCUT2D eigenvalue weighted by Gasteiger charge is 2.39. The normalized spacial score (nSPS) is 17.8. The van der Waals surface area contributed by atoms with Crippen LogP contribution in [0.1, 0.15) is 46.1 Å². The fourth-order valence-corrected chi connectivity index (χ4v) is 6.76. The van der Waals surface area contributed by atoms with Gasteiger partial charge in [-0.05, 0) is 72.4 Å². The molecule has 46 heavy (non-hydrogen) atoms. The highest BCUT2D eigenvalue weighted by molar-refractivity contribution is 6.30. The maximum absolute atomic E-state index is 14.7.